The molecule has 1 heteroatoms. The molecule has 3 saturated carbocycles. The molecule has 0 saturated heterocycles. The van der Waals surface area contributed by atoms with Gasteiger partial charge in [0.25, 0.3) is 0 Å². The summed E-state index contributed by atoms with van der Waals surface area (Å²) in [6.07, 6.45) is 18.9. The fourth-order valence-corrected chi connectivity index (χ4v) is 9.37. The van der Waals surface area contributed by atoms with Gasteiger partial charge in [-0.1, -0.05) is 62.6 Å². The van der Waals surface area contributed by atoms with Crippen molar-refractivity contribution in [3.05, 3.63) is 34.9 Å². The maximum absolute atomic E-state index is 10.3. The van der Waals surface area contributed by atoms with E-state index >= 15 is 0 Å². The van der Waals surface area contributed by atoms with E-state index < -0.39 is 0 Å². The largest absolute Gasteiger partial charge is 0.395 e. The molecule has 0 spiro atoms. The Kier molecular flexibility index (Phi) is 5.94. The molecule has 3 fully saturated rings. The first-order valence-electron chi connectivity index (χ1n) is 13.1. The Morgan fingerprint density at radius 2 is 1.74 bits per heavy atom. The Labute approximate surface area is 192 Å². The molecule has 0 unspecified atom stereocenters. The summed E-state index contributed by atoms with van der Waals surface area (Å²) in [5.74, 6) is 2.19. The van der Waals surface area contributed by atoms with E-state index in [1.54, 1.807) is 5.57 Å². The molecule has 0 aromatic heterocycles. The number of aliphatic hydroxyl groups is 1. The highest BCUT2D eigenvalue weighted by molar-refractivity contribution is 5.29. The Morgan fingerprint density at radius 1 is 1.00 bits per heavy atom. The SMILES string of the molecule is CC(C)=CCCC(C)=C1CC[C@@]2(C)[C@H]1CC[C@H]1[C@@]3(C)CC=C[C@](C)(CO)[C@@H]3CC[C@@]12C. The van der Waals surface area contributed by atoms with Gasteiger partial charge in [0.1, 0.15) is 0 Å². The third-order valence-corrected chi connectivity index (χ3v) is 11.3. The normalized spacial score (nSPS) is 47.9. The quantitative estimate of drug-likeness (QED) is 0.450. The van der Waals surface area contributed by atoms with Crippen LogP contribution >= 0.6 is 0 Å². The van der Waals surface area contributed by atoms with Crippen LogP contribution in [0.3, 0.4) is 0 Å². The van der Waals surface area contributed by atoms with Crippen LogP contribution in [0.15, 0.2) is 34.9 Å². The lowest BCUT2D eigenvalue weighted by Crippen LogP contribution is -2.61. The van der Waals surface area contributed by atoms with Crippen LogP contribution in [0.2, 0.25) is 0 Å². The summed E-state index contributed by atoms with van der Waals surface area (Å²) in [5, 5.41) is 10.3. The molecule has 1 N–H and O–H groups in total. The minimum absolute atomic E-state index is 0.0334. The van der Waals surface area contributed by atoms with E-state index in [1.165, 1.54) is 63.4 Å². The molecule has 4 aliphatic rings. The maximum Gasteiger partial charge on any atom is 0.0522 e. The molecule has 174 valence electrons. The van der Waals surface area contributed by atoms with Gasteiger partial charge in [-0.25, -0.2) is 0 Å². The minimum atomic E-state index is -0.0334. The lowest BCUT2D eigenvalue weighted by Gasteiger charge is -2.68. The first kappa shape index (κ1) is 23.3. The van der Waals surface area contributed by atoms with Gasteiger partial charge >= 0.3 is 0 Å². The van der Waals surface area contributed by atoms with E-state index in [9.17, 15) is 5.11 Å². The summed E-state index contributed by atoms with van der Waals surface area (Å²) in [4.78, 5) is 0. The third-order valence-electron chi connectivity index (χ3n) is 11.3. The molecule has 0 aromatic rings. The van der Waals surface area contributed by atoms with Gasteiger partial charge in [0.05, 0.1) is 6.61 Å². The Hall–Kier alpha value is -0.820. The van der Waals surface area contributed by atoms with E-state index in [4.69, 9.17) is 0 Å². The van der Waals surface area contributed by atoms with Crippen LogP contribution < -0.4 is 0 Å². The van der Waals surface area contributed by atoms with Crippen molar-refractivity contribution in [1.29, 1.82) is 0 Å². The van der Waals surface area contributed by atoms with Crippen molar-refractivity contribution < 1.29 is 5.11 Å². The molecule has 0 heterocycles. The first-order valence-corrected chi connectivity index (χ1v) is 13.1. The monoisotopic (exact) mass is 424 g/mol. The van der Waals surface area contributed by atoms with Gasteiger partial charge in [-0.15, -0.1) is 0 Å². The predicted molar refractivity (Wildman–Crippen MR) is 133 cm³/mol. The molecule has 0 radical (unpaired) electrons. The van der Waals surface area contributed by atoms with E-state index in [0.29, 0.717) is 28.8 Å². The molecule has 4 aliphatic carbocycles. The lowest BCUT2D eigenvalue weighted by molar-refractivity contribution is -0.184. The van der Waals surface area contributed by atoms with Gasteiger partial charge in [-0.3, -0.25) is 0 Å². The number of allylic oxidation sites excluding steroid dienone is 5. The summed E-state index contributed by atoms with van der Waals surface area (Å²) in [5.41, 5.74) is 6.13. The van der Waals surface area contributed by atoms with Crippen molar-refractivity contribution in [2.45, 2.75) is 106 Å². The molecule has 1 nitrogen and oxygen atoms in total. The van der Waals surface area contributed by atoms with Gasteiger partial charge in [-0.2, -0.15) is 0 Å². The van der Waals surface area contributed by atoms with Crippen molar-refractivity contribution in [2.24, 2.45) is 39.4 Å². The van der Waals surface area contributed by atoms with Gasteiger partial charge in [0, 0.05) is 5.41 Å². The van der Waals surface area contributed by atoms with Crippen molar-refractivity contribution in [1.82, 2.24) is 0 Å². The van der Waals surface area contributed by atoms with E-state index in [1.807, 2.05) is 5.57 Å². The highest BCUT2D eigenvalue weighted by atomic mass is 16.3. The van der Waals surface area contributed by atoms with Crippen LogP contribution in [0.25, 0.3) is 0 Å². The molecular weight excluding hydrogens is 376 g/mol. The Bertz CT molecular complexity index is 797. The van der Waals surface area contributed by atoms with Gasteiger partial charge in [0.15, 0.2) is 0 Å². The van der Waals surface area contributed by atoms with Crippen LogP contribution in [0, 0.1) is 39.4 Å². The Morgan fingerprint density at radius 3 is 2.42 bits per heavy atom. The molecule has 0 bridgehead atoms. The highest BCUT2D eigenvalue weighted by Crippen LogP contribution is 2.74. The Balaban J connectivity index is 1.65. The van der Waals surface area contributed by atoms with Crippen LogP contribution in [-0.4, -0.2) is 11.7 Å². The van der Waals surface area contributed by atoms with Crippen molar-refractivity contribution in [3.63, 3.8) is 0 Å². The zero-order chi connectivity index (χ0) is 22.7. The van der Waals surface area contributed by atoms with Crippen LogP contribution in [0.5, 0.6) is 0 Å². The second-order valence-electron chi connectivity index (χ2n) is 13.0. The minimum Gasteiger partial charge on any atom is -0.395 e. The third kappa shape index (κ3) is 3.35. The summed E-state index contributed by atoms with van der Waals surface area (Å²) >= 11 is 0. The standard InChI is InChI=1S/C30H48O/c1-21(2)10-8-11-22(3)23-14-18-29(6)24(23)12-13-26-28(5)17-9-16-27(4,20-31)25(28)15-19-30(26,29)7/h9-10,16,24-26,31H,8,11-15,17-20H2,1-7H3/t24-,25-,26-,27+,28-,29-,30-/m0/s1. The summed E-state index contributed by atoms with van der Waals surface area (Å²) in [6.45, 7) is 17.4. The molecular formula is C30H48O. The number of rotatable bonds is 4. The average Bonchev–Trinajstić information content (AvgIpc) is 3.06. The average molecular weight is 425 g/mol. The van der Waals surface area contributed by atoms with Crippen molar-refractivity contribution in [2.75, 3.05) is 6.61 Å². The second-order valence-corrected chi connectivity index (χ2v) is 13.0. The van der Waals surface area contributed by atoms with Crippen molar-refractivity contribution >= 4 is 0 Å². The summed E-state index contributed by atoms with van der Waals surface area (Å²) in [7, 11) is 0. The summed E-state index contributed by atoms with van der Waals surface area (Å²) < 4.78 is 0. The van der Waals surface area contributed by atoms with E-state index in [0.717, 1.165) is 11.8 Å². The van der Waals surface area contributed by atoms with E-state index in [-0.39, 0.29) is 5.41 Å². The topological polar surface area (TPSA) is 20.2 Å². The molecule has 0 aromatic carbocycles. The van der Waals surface area contributed by atoms with Crippen LogP contribution in [0.1, 0.15) is 106 Å². The molecule has 7 atom stereocenters. The molecule has 4 rings (SSSR count). The number of hydrogen-bond acceptors (Lipinski definition) is 1. The smallest absolute Gasteiger partial charge is 0.0522 e. The van der Waals surface area contributed by atoms with Gasteiger partial charge in [-0.05, 0) is 113 Å². The highest BCUT2D eigenvalue weighted by Gasteiger charge is 2.66. The fourth-order valence-electron chi connectivity index (χ4n) is 9.37. The maximum atomic E-state index is 10.3. The number of fused-ring (bicyclic) bond motifs is 5. The van der Waals surface area contributed by atoms with Crippen LogP contribution in [-0.2, 0) is 0 Å². The van der Waals surface area contributed by atoms with Crippen molar-refractivity contribution in [3.8, 4) is 0 Å². The van der Waals surface area contributed by atoms with Gasteiger partial charge < -0.3 is 5.11 Å². The zero-order valence-corrected chi connectivity index (χ0v) is 21.5. The van der Waals surface area contributed by atoms with Gasteiger partial charge in [0.2, 0.25) is 0 Å². The summed E-state index contributed by atoms with van der Waals surface area (Å²) in [6, 6.07) is 0. The molecule has 0 amide bonds. The predicted octanol–water partition coefficient (Wildman–Crippen LogP) is 8.26. The van der Waals surface area contributed by atoms with E-state index in [2.05, 4.69) is 66.7 Å². The number of aliphatic hydroxyl groups excluding tert-OH is 1. The number of hydrogen-bond donors (Lipinski definition) is 1. The molecule has 31 heavy (non-hydrogen) atoms. The second kappa shape index (κ2) is 7.89. The lowest BCUT2D eigenvalue weighted by atomic mass is 9.36. The molecule has 0 aliphatic heterocycles. The zero-order valence-electron chi connectivity index (χ0n) is 21.5. The first-order chi connectivity index (χ1) is 14.5. The van der Waals surface area contributed by atoms with Crippen LogP contribution in [0.4, 0.5) is 0 Å². The fraction of sp³-hybridized carbons (Fsp3) is 0.800.